The fraction of sp³-hybridized carbons (Fsp3) is 0.647. The van der Waals surface area contributed by atoms with Gasteiger partial charge in [0.2, 0.25) is 0 Å². The Morgan fingerprint density at radius 2 is 2.19 bits per heavy atom. The van der Waals surface area contributed by atoms with Crippen molar-refractivity contribution in [2.24, 2.45) is 5.92 Å². The summed E-state index contributed by atoms with van der Waals surface area (Å²) >= 11 is 1.78. The highest BCUT2D eigenvalue weighted by atomic mass is 32.1. The highest BCUT2D eigenvalue weighted by molar-refractivity contribution is 7.12. The Kier molecular flexibility index (Phi) is 5.97. The van der Waals surface area contributed by atoms with Crippen LogP contribution in [0.5, 0.6) is 0 Å². The van der Waals surface area contributed by atoms with Crippen LogP contribution in [0.4, 0.5) is 0 Å². The summed E-state index contributed by atoms with van der Waals surface area (Å²) in [6.07, 6.45) is 6.64. The minimum atomic E-state index is -0.252. The molecule has 0 spiro atoms. The monoisotopic (exact) mass is 308 g/mol. The fourth-order valence-corrected chi connectivity index (χ4v) is 4.05. The van der Waals surface area contributed by atoms with Gasteiger partial charge in [0.05, 0.1) is 13.0 Å². The van der Waals surface area contributed by atoms with Gasteiger partial charge in [0, 0.05) is 21.2 Å². The zero-order valence-electron chi connectivity index (χ0n) is 12.9. The van der Waals surface area contributed by atoms with Gasteiger partial charge in [-0.15, -0.1) is 11.3 Å². The summed E-state index contributed by atoms with van der Waals surface area (Å²) in [5, 5.41) is 0. The second-order valence-corrected chi connectivity index (χ2v) is 6.84. The van der Waals surface area contributed by atoms with Crippen molar-refractivity contribution in [3.8, 4) is 0 Å². The number of esters is 1. The van der Waals surface area contributed by atoms with E-state index in [1.54, 1.807) is 18.3 Å². The van der Waals surface area contributed by atoms with Crippen LogP contribution >= 0.6 is 11.3 Å². The molecule has 0 radical (unpaired) electrons. The maximum Gasteiger partial charge on any atom is 0.306 e. The molecule has 21 heavy (non-hydrogen) atoms. The van der Waals surface area contributed by atoms with Gasteiger partial charge in [-0.3, -0.25) is 9.59 Å². The van der Waals surface area contributed by atoms with Crippen molar-refractivity contribution in [3.63, 3.8) is 0 Å². The molecule has 3 nitrogen and oxygen atoms in total. The Labute approximate surface area is 130 Å². The van der Waals surface area contributed by atoms with Crippen LogP contribution in [0.25, 0.3) is 0 Å². The number of hydrogen-bond acceptors (Lipinski definition) is 4. The summed E-state index contributed by atoms with van der Waals surface area (Å²) in [5.41, 5.74) is 0.868. The Balaban J connectivity index is 2.00. The first kappa shape index (κ1) is 16.2. The molecule has 1 unspecified atom stereocenters. The number of rotatable bonds is 7. The molecule has 0 aromatic carbocycles. The molecule has 1 heterocycles. The topological polar surface area (TPSA) is 43.4 Å². The average Bonchev–Trinajstić information content (AvgIpc) is 2.86. The van der Waals surface area contributed by atoms with Crippen LogP contribution in [0.2, 0.25) is 0 Å². The zero-order valence-corrected chi connectivity index (χ0v) is 13.8. The van der Waals surface area contributed by atoms with Crippen molar-refractivity contribution in [1.82, 2.24) is 0 Å². The van der Waals surface area contributed by atoms with E-state index < -0.39 is 0 Å². The van der Waals surface area contributed by atoms with Crippen LogP contribution in [-0.2, 0) is 22.4 Å². The lowest BCUT2D eigenvalue weighted by Gasteiger charge is -2.19. The number of aryl methyl sites for hydroxylation is 2. The minimum absolute atomic E-state index is 0.141. The fourth-order valence-electron chi connectivity index (χ4n) is 2.82. The van der Waals surface area contributed by atoms with E-state index in [-0.39, 0.29) is 24.1 Å². The van der Waals surface area contributed by atoms with Gasteiger partial charge in [0.15, 0.2) is 5.78 Å². The molecule has 0 N–H and O–H groups in total. The summed E-state index contributed by atoms with van der Waals surface area (Å²) in [6, 6.07) is 2.06. The van der Waals surface area contributed by atoms with E-state index in [1.807, 2.05) is 0 Å². The van der Waals surface area contributed by atoms with Crippen molar-refractivity contribution >= 4 is 23.1 Å². The number of ketones is 1. The van der Waals surface area contributed by atoms with Gasteiger partial charge in [0.1, 0.15) is 0 Å². The highest BCUT2D eigenvalue weighted by Crippen LogP contribution is 2.34. The Morgan fingerprint density at radius 1 is 1.38 bits per heavy atom. The van der Waals surface area contributed by atoms with Crippen LogP contribution in [0.3, 0.4) is 0 Å². The normalized spacial score (nSPS) is 17.6. The molecule has 0 saturated carbocycles. The van der Waals surface area contributed by atoms with Crippen molar-refractivity contribution in [2.45, 2.75) is 58.8 Å². The molecule has 1 aromatic rings. The molecule has 1 aliphatic rings. The third-order valence-corrected chi connectivity index (χ3v) is 5.22. The van der Waals surface area contributed by atoms with Crippen LogP contribution in [0.1, 0.15) is 66.1 Å². The predicted molar refractivity (Wildman–Crippen MR) is 84.9 cm³/mol. The zero-order chi connectivity index (χ0) is 15.2. The Hall–Kier alpha value is -1.16. The maximum atomic E-state index is 12.5. The van der Waals surface area contributed by atoms with Crippen molar-refractivity contribution in [3.05, 3.63) is 21.4 Å². The highest BCUT2D eigenvalue weighted by Gasteiger charge is 2.31. The number of Topliss-reactive ketones (excluding diaryl/α,β-unsaturated/α-hetero) is 1. The van der Waals surface area contributed by atoms with E-state index in [1.165, 1.54) is 29.0 Å². The van der Waals surface area contributed by atoms with Gasteiger partial charge >= 0.3 is 5.97 Å². The largest absolute Gasteiger partial charge is 0.466 e. The number of hydrogen-bond donors (Lipinski definition) is 0. The SMILES string of the molecule is CCCCCc1cc2c(s1)CCC(CC(=O)OCC)C2=O. The average molecular weight is 308 g/mol. The molecule has 1 atom stereocenters. The molecule has 4 heteroatoms. The number of ether oxygens (including phenoxy) is 1. The van der Waals surface area contributed by atoms with Crippen LogP contribution in [-0.4, -0.2) is 18.4 Å². The van der Waals surface area contributed by atoms with Gasteiger partial charge in [0.25, 0.3) is 0 Å². The summed E-state index contributed by atoms with van der Waals surface area (Å²) in [5.74, 6) is -0.297. The number of carbonyl (C=O) groups is 2. The Bertz CT molecular complexity index is 504. The number of fused-ring (bicyclic) bond motifs is 1. The molecular formula is C17H24O3S. The standard InChI is InChI=1S/C17H24O3S/c1-3-5-6-7-13-11-14-15(21-13)9-8-12(17(14)19)10-16(18)20-4-2/h11-12H,3-10H2,1-2H3. The van der Waals surface area contributed by atoms with Crippen molar-refractivity contribution in [2.75, 3.05) is 6.61 Å². The second-order valence-electron chi connectivity index (χ2n) is 5.62. The molecular weight excluding hydrogens is 284 g/mol. The summed E-state index contributed by atoms with van der Waals surface area (Å²) in [7, 11) is 0. The Morgan fingerprint density at radius 3 is 2.90 bits per heavy atom. The third kappa shape index (κ3) is 4.16. The minimum Gasteiger partial charge on any atom is -0.466 e. The predicted octanol–water partition coefficient (Wildman–Crippen LogP) is 4.18. The van der Waals surface area contributed by atoms with Crippen LogP contribution in [0.15, 0.2) is 6.07 Å². The molecule has 0 bridgehead atoms. The summed E-state index contributed by atoms with van der Waals surface area (Å²) < 4.78 is 4.96. The summed E-state index contributed by atoms with van der Waals surface area (Å²) in [4.78, 5) is 26.6. The van der Waals surface area contributed by atoms with Crippen LogP contribution in [0, 0.1) is 5.92 Å². The first-order valence-corrected chi connectivity index (χ1v) is 8.78. The van der Waals surface area contributed by atoms with Crippen molar-refractivity contribution in [1.29, 1.82) is 0 Å². The third-order valence-electron chi connectivity index (χ3n) is 3.96. The van der Waals surface area contributed by atoms with Gasteiger partial charge < -0.3 is 4.74 Å². The smallest absolute Gasteiger partial charge is 0.306 e. The number of unbranched alkanes of at least 4 members (excludes halogenated alkanes) is 2. The molecule has 0 fully saturated rings. The van der Waals surface area contributed by atoms with E-state index in [4.69, 9.17) is 4.74 Å². The van der Waals surface area contributed by atoms with E-state index in [2.05, 4.69) is 13.0 Å². The van der Waals surface area contributed by atoms with Gasteiger partial charge in [-0.1, -0.05) is 19.8 Å². The number of thiophene rings is 1. The maximum absolute atomic E-state index is 12.5. The quantitative estimate of drug-likeness (QED) is 0.560. The first-order valence-electron chi connectivity index (χ1n) is 7.97. The molecule has 116 valence electrons. The lowest BCUT2D eigenvalue weighted by Crippen LogP contribution is -2.24. The van der Waals surface area contributed by atoms with Gasteiger partial charge in [-0.25, -0.2) is 0 Å². The molecule has 0 saturated heterocycles. The lowest BCUT2D eigenvalue weighted by atomic mass is 9.85. The second kappa shape index (κ2) is 7.74. The van der Waals surface area contributed by atoms with Gasteiger partial charge in [-0.05, 0) is 38.7 Å². The van der Waals surface area contributed by atoms with E-state index in [9.17, 15) is 9.59 Å². The lowest BCUT2D eigenvalue weighted by molar-refractivity contribution is -0.143. The van der Waals surface area contributed by atoms with Gasteiger partial charge in [-0.2, -0.15) is 0 Å². The van der Waals surface area contributed by atoms with E-state index in [0.29, 0.717) is 6.61 Å². The number of carbonyl (C=O) groups excluding carboxylic acids is 2. The first-order chi connectivity index (χ1) is 10.2. The molecule has 1 aliphatic carbocycles. The molecule has 0 aliphatic heterocycles. The van der Waals surface area contributed by atoms with E-state index >= 15 is 0 Å². The molecule has 0 amide bonds. The van der Waals surface area contributed by atoms with E-state index in [0.717, 1.165) is 24.8 Å². The van der Waals surface area contributed by atoms with Crippen molar-refractivity contribution < 1.29 is 14.3 Å². The van der Waals surface area contributed by atoms with Crippen LogP contribution < -0.4 is 0 Å². The molecule has 1 aromatic heterocycles. The summed E-state index contributed by atoms with van der Waals surface area (Å²) in [6.45, 7) is 4.37. The molecule has 2 rings (SSSR count).